The molecule has 0 fully saturated rings. The van der Waals surface area contributed by atoms with Gasteiger partial charge in [-0.3, -0.25) is 9.59 Å². The lowest BCUT2D eigenvalue weighted by Gasteiger charge is -2.08. The lowest BCUT2D eigenvalue weighted by molar-refractivity contribution is -0.141. The summed E-state index contributed by atoms with van der Waals surface area (Å²) in [5, 5.41) is 12.5. The molecule has 1 aromatic carbocycles. The molecule has 0 aliphatic carbocycles. The number of carbonyl (C=O) groups is 2. The molecule has 0 saturated heterocycles. The highest BCUT2D eigenvalue weighted by atomic mass is 16.4. The molecule has 1 atom stereocenters. The molecule has 2 aromatic rings. The highest BCUT2D eigenvalue weighted by Gasteiger charge is 2.12. The second-order valence-electron chi connectivity index (χ2n) is 4.90. The van der Waals surface area contributed by atoms with Crippen LogP contribution in [0.1, 0.15) is 18.9 Å². The first-order valence-corrected chi connectivity index (χ1v) is 6.62. The zero-order valence-electron chi connectivity index (χ0n) is 11.3. The first kappa shape index (κ1) is 14.1. The summed E-state index contributed by atoms with van der Waals surface area (Å²) in [5.74, 6) is -1.59. The number of carboxylic acid groups (broad SMARTS) is 1. The summed E-state index contributed by atoms with van der Waals surface area (Å²) in [4.78, 5) is 25.5. The Morgan fingerprint density at radius 1 is 1.35 bits per heavy atom. The van der Waals surface area contributed by atoms with E-state index in [1.807, 2.05) is 30.5 Å². The van der Waals surface area contributed by atoms with E-state index >= 15 is 0 Å². The molecular weight excluding hydrogens is 256 g/mol. The molecular formula is C15H18N2O3. The molecule has 0 spiro atoms. The summed E-state index contributed by atoms with van der Waals surface area (Å²) in [6.45, 7) is 1.74. The molecule has 0 bridgehead atoms. The van der Waals surface area contributed by atoms with Crippen molar-refractivity contribution in [3.63, 3.8) is 0 Å². The quantitative estimate of drug-likeness (QED) is 0.752. The molecule has 106 valence electrons. The molecule has 1 aromatic heterocycles. The molecule has 20 heavy (non-hydrogen) atoms. The Balaban J connectivity index is 1.86. The highest BCUT2D eigenvalue weighted by Crippen LogP contribution is 2.18. The van der Waals surface area contributed by atoms with Gasteiger partial charge in [0.05, 0.1) is 5.92 Å². The highest BCUT2D eigenvalue weighted by molar-refractivity contribution is 5.84. The number of rotatable bonds is 6. The van der Waals surface area contributed by atoms with Crippen molar-refractivity contribution in [2.24, 2.45) is 5.92 Å². The smallest absolute Gasteiger partial charge is 0.308 e. The molecule has 5 nitrogen and oxygen atoms in total. The number of para-hydroxylation sites is 1. The first-order valence-electron chi connectivity index (χ1n) is 6.62. The maximum Gasteiger partial charge on any atom is 0.308 e. The molecule has 0 aliphatic rings. The number of nitrogens with one attached hydrogen (secondary N) is 2. The zero-order valence-corrected chi connectivity index (χ0v) is 11.3. The van der Waals surface area contributed by atoms with Crippen molar-refractivity contribution in [2.45, 2.75) is 19.8 Å². The number of hydrogen-bond acceptors (Lipinski definition) is 2. The third kappa shape index (κ3) is 3.38. The average Bonchev–Trinajstić information content (AvgIpc) is 2.85. The maximum absolute atomic E-state index is 11.7. The molecule has 3 N–H and O–H groups in total. The average molecular weight is 274 g/mol. The number of carboxylic acids is 1. The van der Waals surface area contributed by atoms with Crippen molar-refractivity contribution >= 4 is 22.8 Å². The standard InChI is InChI=1S/C15H18N2O3/c1-10(15(19)20)8-17-14(18)7-6-11-9-16-13-5-3-2-4-12(11)13/h2-5,9-10,16H,6-8H2,1H3,(H,17,18)(H,19,20). The summed E-state index contributed by atoms with van der Waals surface area (Å²) in [6, 6.07) is 7.94. The minimum absolute atomic E-state index is 0.122. The molecule has 1 heterocycles. The molecule has 5 heteroatoms. The van der Waals surface area contributed by atoms with Gasteiger partial charge >= 0.3 is 5.97 Å². The van der Waals surface area contributed by atoms with E-state index in [1.54, 1.807) is 6.92 Å². The van der Waals surface area contributed by atoms with Crippen LogP contribution >= 0.6 is 0 Å². The van der Waals surface area contributed by atoms with Gasteiger partial charge in [0.15, 0.2) is 0 Å². The van der Waals surface area contributed by atoms with Gasteiger partial charge in [-0.05, 0) is 18.1 Å². The number of hydrogen-bond donors (Lipinski definition) is 3. The molecule has 0 aliphatic heterocycles. The number of fused-ring (bicyclic) bond motifs is 1. The molecule has 0 saturated carbocycles. The Morgan fingerprint density at radius 2 is 2.10 bits per heavy atom. The Kier molecular flexibility index (Phi) is 4.40. The van der Waals surface area contributed by atoms with E-state index in [0.717, 1.165) is 16.5 Å². The second-order valence-corrected chi connectivity index (χ2v) is 4.90. The molecule has 1 amide bonds. The summed E-state index contributed by atoms with van der Waals surface area (Å²) in [5.41, 5.74) is 2.16. The van der Waals surface area contributed by atoms with E-state index in [2.05, 4.69) is 10.3 Å². The van der Waals surface area contributed by atoms with E-state index in [-0.39, 0.29) is 12.5 Å². The fraction of sp³-hybridized carbons (Fsp3) is 0.333. The number of amides is 1. The van der Waals surface area contributed by atoms with Crippen LogP contribution in [-0.4, -0.2) is 28.5 Å². The van der Waals surface area contributed by atoms with Crippen molar-refractivity contribution < 1.29 is 14.7 Å². The zero-order chi connectivity index (χ0) is 14.5. The minimum Gasteiger partial charge on any atom is -0.481 e. The number of aryl methyl sites for hydroxylation is 1. The monoisotopic (exact) mass is 274 g/mol. The van der Waals surface area contributed by atoms with Gasteiger partial charge in [0, 0.05) is 30.1 Å². The van der Waals surface area contributed by atoms with E-state index in [0.29, 0.717) is 12.8 Å². The Hall–Kier alpha value is -2.30. The molecule has 2 rings (SSSR count). The lowest BCUT2D eigenvalue weighted by Crippen LogP contribution is -2.31. The minimum atomic E-state index is -0.901. The van der Waals surface area contributed by atoms with Crippen LogP contribution in [0.5, 0.6) is 0 Å². The van der Waals surface area contributed by atoms with Gasteiger partial charge in [0.25, 0.3) is 0 Å². The van der Waals surface area contributed by atoms with Crippen LogP contribution in [0, 0.1) is 5.92 Å². The number of carbonyl (C=O) groups excluding carboxylic acids is 1. The summed E-state index contributed by atoms with van der Waals surface area (Å²) in [7, 11) is 0. The van der Waals surface area contributed by atoms with Gasteiger partial charge < -0.3 is 15.4 Å². The second kappa shape index (κ2) is 6.23. The van der Waals surface area contributed by atoms with E-state index in [4.69, 9.17) is 5.11 Å². The largest absolute Gasteiger partial charge is 0.481 e. The Labute approximate surface area is 117 Å². The van der Waals surface area contributed by atoms with Gasteiger partial charge in [-0.1, -0.05) is 25.1 Å². The first-order chi connectivity index (χ1) is 9.58. The van der Waals surface area contributed by atoms with Gasteiger partial charge in [0.2, 0.25) is 5.91 Å². The van der Waals surface area contributed by atoms with Crippen LogP contribution in [0.25, 0.3) is 10.9 Å². The molecule has 0 radical (unpaired) electrons. The predicted molar refractivity (Wildman–Crippen MR) is 76.4 cm³/mol. The van der Waals surface area contributed by atoms with Crippen LogP contribution in [0.2, 0.25) is 0 Å². The number of benzene rings is 1. The van der Waals surface area contributed by atoms with E-state index in [1.165, 1.54) is 0 Å². The van der Waals surface area contributed by atoms with Crippen molar-refractivity contribution in [1.82, 2.24) is 10.3 Å². The van der Waals surface area contributed by atoms with Crippen LogP contribution in [-0.2, 0) is 16.0 Å². The van der Waals surface area contributed by atoms with Crippen LogP contribution in [0.3, 0.4) is 0 Å². The van der Waals surface area contributed by atoms with Gasteiger partial charge in [0.1, 0.15) is 0 Å². The Morgan fingerprint density at radius 3 is 2.85 bits per heavy atom. The van der Waals surface area contributed by atoms with Gasteiger partial charge in [-0.2, -0.15) is 0 Å². The topological polar surface area (TPSA) is 82.2 Å². The van der Waals surface area contributed by atoms with Crippen molar-refractivity contribution in [2.75, 3.05) is 6.54 Å². The normalized spacial score (nSPS) is 12.2. The van der Waals surface area contributed by atoms with Gasteiger partial charge in [-0.15, -0.1) is 0 Å². The third-order valence-electron chi connectivity index (χ3n) is 3.32. The fourth-order valence-electron chi connectivity index (χ4n) is 2.03. The SMILES string of the molecule is CC(CNC(=O)CCc1c[nH]c2ccccc12)C(=O)O. The number of aliphatic carboxylic acids is 1. The summed E-state index contributed by atoms with van der Waals surface area (Å²) in [6.07, 6.45) is 2.91. The van der Waals surface area contributed by atoms with Crippen LogP contribution in [0.15, 0.2) is 30.5 Å². The van der Waals surface area contributed by atoms with Crippen molar-refractivity contribution in [3.05, 3.63) is 36.0 Å². The van der Waals surface area contributed by atoms with Gasteiger partial charge in [-0.25, -0.2) is 0 Å². The van der Waals surface area contributed by atoms with Crippen molar-refractivity contribution in [3.8, 4) is 0 Å². The fourth-order valence-corrected chi connectivity index (χ4v) is 2.03. The number of aromatic nitrogens is 1. The van der Waals surface area contributed by atoms with E-state index < -0.39 is 11.9 Å². The van der Waals surface area contributed by atoms with Crippen LogP contribution in [0.4, 0.5) is 0 Å². The Bertz CT molecular complexity index is 618. The van der Waals surface area contributed by atoms with E-state index in [9.17, 15) is 9.59 Å². The number of H-pyrrole nitrogens is 1. The maximum atomic E-state index is 11.7. The lowest BCUT2D eigenvalue weighted by atomic mass is 10.1. The molecule has 1 unspecified atom stereocenters. The third-order valence-corrected chi connectivity index (χ3v) is 3.32. The van der Waals surface area contributed by atoms with Crippen molar-refractivity contribution in [1.29, 1.82) is 0 Å². The predicted octanol–water partition coefficient (Wildman–Crippen LogP) is 1.94. The van der Waals surface area contributed by atoms with Crippen LogP contribution < -0.4 is 5.32 Å². The number of aromatic amines is 1. The summed E-state index contributed by atoms with van der Waals surface area (Å²) < 4.78 is 0. The summed E-state index contributed by atoms with van der Waals surface area (Å²) >= 11 is 0.